The Bertz CT molecular complexity index is 597. The lowest BCUT2D eigenvalue weighted by molar-refractivity contribution is 0.103. The molecule has 0 aliphatic rings. The lowest BCUT2D eigenvalue weighted by Crippen LogP contribution is -2.05. The summed E-state index contributed by atoms with van der Waals surface area (Å²) in [4.78, 5) is 12.5. The molecule has 0 atom stereocenters. The van der Waals surface area contributed by atoms with Gasteiger partial charge in [0.2, 0.25) is 0 Å². The number of ether oxygens (including phenoxy) is 1. The fraction of sp³-hybridized carbons (Fsp3) is 0.278. The van der Waals surface area contributed by atoms with E-state index in [2.05, 4.69) is 6.92 Å². The largest absolute Gasteiger partial charge is 0.494 e. The van der Waals surface area contributed by atoms with Crippen molar-refractivity contribution in [2.75, 3.05) is 6.61 Å². The van der Waals surface area contributed by atoms with Gasteiger partial charge < -0.3 is 4.74 Å². The van der Waals surface area contributed by atoms with Crippen LogP contribution in [0.4, 0.5) is 0 Å². The molecule has 0 bridgehead atoms. The van der Waals surface area contributed by atoms with Crippen molar-refractivity contribution in [1.29, 1.82) is 0 Å². The maximum Gasteiger partial charge on any atom is 0.193 e. The number of aryl methyl sites for hydroxylation is 1. The van der Waals surface area contributed by atoms with Crippen LogP contribution < -0.4 is 4.74 Å². The van der Waals surface area contributed by atoms with Crippen LogP contribution in [-0.2, 0) is 0 Å². The zero-order chi connectivity index (χ0) is 14.5. The molecule has 2 rings (SSSR count). The van der Waals surface area contributed by atoms with Gasteiger partial charge in [0.1, 0.15) is 5.75 Å². The van der Waals surface area contributed by atoms with Gasteiger partial charge in [-0.15, -0.1) is 0 Å². The van der Waals surface area contributed by atoms with E-state index < -0.39 is 0 Å². The molecule has 104 valence electrons. The highest BCUT2D eigenvalue weighted by atomic mass is 16.5. The van der Waals surface area contributed by atoms with Crippen LogP contribution in [0.1, 0.15) is 40.4 Å². The van der Waals surface area contributed by atoms with Gasteiger partial charge in [0.05, 0.1) is 6.61 Å². The van der Waals surface area contributed by atoms with Crippen LogP contribution in [0.15, 0.2) is 42.5 Å². The van der Waals surface area contributed by atoms with Crippen molar-refractivity contribution in [3.05, 3.63) is 64.7 Å². The first kappa shape index (κ1) is 14.3. The molecule has 0 radical (unpaired) electrons. The predicted octanol–water partition coefficient (Wildman–Crippen LogP) is 4.32. The summed E-state index contributed by atoms with van der Waals surface area (Å²) >= 11 is 0. The van der Waals surface area contributed by atoms with Gasteiger partial charge in [-0.25, -0.2) is 0 Å². The van der Waals surface area contributed by atoms with Crippen LogP contribution in [0.3, 0.4) is 0 Å². The minimum absolute atomic E-state index is 0.0632. The standard InChI is InChI=1S/C18H20O2/c1-4-12-20-16-10-8-15(9-11-16)18(19)17-7-5-6-13(2)14(17)3/h5-11H,4,12H2,1-3H3. The molecule has 0 saturated heterocycles. The molecule has 0 aliphatic heterocycles. The highest BCUT2D eigenvalue weighted by Gasteiger charge is 2.12. The van der Waals surface area contributed by atoms with Crippen LogP contribution in [0, 0.1) is 13.8 Å². The third kappa shape index (κ3) is 3.08. The lowest BCUT2D eigenvalue weighted by Gasteiger charge is -2.09. The summed E-state index contributed by atoms with van der Waals surface area (Å²) in [6.07, 6.45) is 0.975. The molecule has 0 heterocycles. The summed E-state index contributed by atoms with van der Waals surface area (Å²) in [5.41, 5.74) is 3.65. The molecule has 20 heavy (non-hydrogen) atoms. The molecule has 2 nitrogen and oxygen atoms in total. The molecule has 0 aromatic heterocycles. The first-order chi connectivity index (χ1) is 9.63. The predicted molar refractivity (Wildman–Crippen MR) is 81.6 cm³/mol. The third-order valence-electron chi connectivity index (χ3n) is 3.44. The van der Waals surface area contributed by atoms with Gasteiger partial charge >= 0.3 is 0 Å². The normalized spacial score (nSPS) is 10.3. The van der Waals surface area contributed by atoms with Crippen LogP contribution in [-0.4, -0.2) is 12.4 Å². The van der Waals surface area contributed by atoms with Crippen LogP contribution in [0.5, 0.6) is 5.75 Å². The Kier molecular flexibility index (Phi) is 4.57. The molecular formula is C18H20O2. The zero-order valence-electron chi connectivity index (χ0n) is 12.3. The maximum absolute atomic E-state index is 12.5. The summed E-state index contributed by atoms with van der Waals surface area (Å²) in [5.74, 6) is 0.873. The van der Waals surface area contributed by atoms with Gasteiger partial charge in [-0.05, 0) is 55.7 Å². The summed E-state index contributed by atoms with van der Waals surface area (Å²) in [5, 5.41) is 0. The monoisotopic (exact) mass is 268 g/mol. The number of hydrogen-bond acceptors (Lipinski definition) is 2. The third-order valence-corrected chi connectivity index (χ3v) is 3.44. The smallest absolute Gasteiger partial charge is 0.193 e. The van der Waals surface area contributed by atoms with Crippen LogP contribution in [0.25, 0.3) is 0 Å². The van der Waals surface area contributed by atoms with E-state index in [4.69, 9.17) is 4.74 Å². The quantitative estimate of drug-likeness (QED) is 0.755. The van der Waals surface area contributed by atoms with Crippen molar-refractivity contribution in [3.8, 4) is 5.75 Å². The number of carbonyl (C=O) groups excluding carboxylic acids is 1. The van der Waals surface area contributed by atoms with Crippen molar-refractivity contribution >= 4 is 5.78 Å². The number of rotatable bonds is 5. The van der Waals surface area contributed by atoms with E-state index in [0.29, 0.717) is 12.2 Å². The molecule has 0 amide bonds. The molecule has 0 fully saturated rings. The minimum Gasteiger partial charge on any atom is -0.494 e. The highest BCUT2D eigenvalue weighted by Crippen LogP contribution is 2.19. The van der Waals surface area contributed by atoms with Crippen LogP contribution in [0.2, 0.25) is 0 Å². The molecule has 0 saturated carbocycles. The van der Waals surface area contributed by atoms with Crippen molar-refractivity contribution in [2.45, 2.75) is 27.2 Å². The zero-order valence-corrected chi connectivity index (χ0v) is 12.3. The van der Waals surface area contributed by atoms with Crippen molar-refractivity contribution < 1.29 is 9.53 Å². The second kappa shape index (κ2) is 6.38. The van der Waals surface area contributed by atoms with Gasteiger partial charge in [0.15, 0.2) is 5.78 Å². The number of hydrogen-bond donors (Lipinski definition) is 0. The maximum atomic E-state index is 12.5. The van der Waals surface area contributed by atoms with Gasteiger partial charge in [-0.3, -0.25) is 4.79 Å². The minimum atomic E-state index is 0.0632. The van der Waals surface area contributed by atoms with Gasteiger partial charge in [-0.2, -0.15) is 0 Å². The lowest BCUT2D eigenvalue weighted by atomic mass is 9.96. The Morgan fingerprint density at radius 1 is 1.05 bits per heavy atom. The second-order valence-corrected chi connectivity index (χ2v) is 4.95. The average molecular weight is 268 g/mol. The molecule has 0 N–H and O–H groups in total. The summed E-state index contributed by atoms with van der Waals surface area (Å²) < 4.78 is 5.53. The van der Waals surface area contributed by atoms with Crippen molar-refractivity contribution in [3.63, 3.8) is 0 Å². The number of ketones is 1. The molecule has 2 aromatic rings. The number of benzene rings is 2. The Morgan fingerprint density at radius 2 is 1.75 bits per heavy atom. The van der Waals surface area contributed by atoms with Gasteiger partial charge in [-0.1, -0.05) is 25.1 Å². The Hall–Kier alpha value is -2.09. The Labute approximate surface area is 120 Å². The molecule has 0 unspecified atom stereocenters. The van der Waals surface area contributed by atoms with Gasteiger partial charge in [0.25, 0.3) is 0 Å². The Balaban J connectivity index is 2.23. The molecule has 0 aliphatic carbocycles. The summed E-state index contributed by atoms with van der Waals surface area (Å²) in [6, 6.07) is 13.2. The van der Waals surface area contributed by atoms with Crippen LogP contribution >= 0.6 is 0 Å². The number of carbonyl (C=O) groups is 1. The second-order valence-electron chi connectivity index (χ2n) is 4.95. The fourth-order valence-corrected chi connectivity index (χ4v) is 2.08. The molecular weight excluding hydrogens is 248 g/mol. The van der Waals surface area contributed by atoms with E-state index in [1.165, 1.54) is 0 Å². The molecule has 2 aromatic carbocycles. The average Bonchev–Trinajstić information content (AvgIpc) is 2.48. The summed E-state index contributed by atoms with van der Waals surface area (Å²) in [7, 11) is 0. The highest BCUT2D eigenvalue weighted by molar-refractivity contribution is 6.10. The van der Waals surface area contributed by atoms with E-state index in [-0.39, 0.29) is 5.78 Å². The van der Waals surface area contributed by atoms with E-state index in [0.717, 1.165) is 28.9 Å². The SMILES string of the molecule is CCCOc1ccc(C(=O)c2cccc(C)c2C)cc1. The first-order valence-corrected chi connectivity index (χ1v) is 6.97. The molecule has 0 spiro atoms. The first-order valence-electron chi connectivity index (χ1n) is 6.97. The fourth-order valence-electron chi connectivity index (χ4n) is 2.08. The van der Waals surface area contributed by atoms with Crippen molar-refractivity contribution in [2.24, 2.45) is 0 Å². The van der Waals surface area contributed by atoms with E-state index >= 15 is 0 Å². The van der Waals surface area contributed by atoms with Crippen molar-refractivity contribution in [1.82, 2.24) is 0 Å². The topological polar surface area (TPSA) is 26.3 Å². The summed E-state index contributed by atoms with van der Waals surface area (Å²) in [6.45, 7) is 6.78. The molecule has 2 heteroatoms. The van der Waals surface area contributed by atoms with E-state index in [1.807, 2.05) is 56.3 Å². The van der Waals surface area contributed by atoms with E-state index in [9.17, 15) is 4.79 Å². The Morgan fingerprint density at radius 3 is 2.40 bits per heavy atom. The van der Waals surface area contributed by atoms with Gasteiger partial charge in [0, 0.05) is 11.1 Å². The van der Waals surface area contributed by atoms with E-state index in [1.54, 1.807) is 0 Å².